The molecule has 0 aromatic rings. The van der Waals surface area contributed by atoms with Crippen molar-refractivity contribution in [1.82, 2.24) is 0 Å². The third-order valence-electron chi connectivity index (χ3n) is 0. The van der Waals surface area contributed by atoms with Crippen molar-refractivity contribution in [3.8, 4) is 0 Å². The van der Waals surface area contributed by atoms with Crippen molar-refractivity contribution in [1.29, 1.82) is 0 Å². The molecule has 0 amide bonds. The first-order chi connectivity index (χ1) is 2.00. The van der Waals surface area contributed by atoms with Crippen molar-refractivity contribution in [2.45, 2.75) is 0 Å². The SMILES string of the molecule is O=S(=O)([O-])[O-].[H+].[H+].[InH3]. The molecule has 0 radical (unpaired) electrons. The Morgan fingerprint density at radius 1 is 1.33 bits per heavy atom. The molecule has 0 N–H and O–H groups in total. The molecule has 0 atom stereocenters. The summed E-state index contributed by atoms with van der Waals surface area (Å²) in [6.07, 6.45) is 0. The summed E-state index contributed by atoms with van der Waals surface area (Å²) in [5, 5.41) is 0. The van der Waals surface area contributed by atoms with Crippen LogP contribution in [-0.2, 0) is 10.4 Å². The van der Waals surface area contributed by atoms with Gasteiger partial charge in [0.15, 0.2) is 0 Å². The Balaban J connectivity index is -0.0000000267. The Bertz CT molecular complexity index is 97.2. The Labute approximate surface area is 56.9 Å². The van der Waals surface area contributed by atoms with E-state index >= 15 is 0 Å². The first-order valence-corrected chi connectivity index (χ1v) is 2.00. The van der Waals surface area contributed by atoms with Gasteiger partial charge in [0.25, 0.3) is 0 Å². The normalized spacial score (nSPS) is 9.67. The number of hydrogen-bond acceptors (Lipinski definition) is 4. The van der Waals surface area contributed by atoms with Crippen LogP contribution in [-0.4, -0.2) is 43.4 Å². The zero-order valence-corrected chi connectivity index (χ0v) is 2.86. The molecular weight excluding hydrogens is 211 g/mol. The van der Waals surface area contributed by atoms with E-state index in [0.717, 1.165) is 0 Å². The van der Waals surface area contributed by atoms with Crippen molar-refractivity contribution >= 4 is 36.2 Å². The third-order valence-corrected chi connectivity index (χ3v) is 0. The summed E-state index contributed by atoms with van der Waals surface area (Å²) in [5.41, 5.74) is 0. The zero-order valence-electron chi connectivity index (χ0n) is 4.04. The zero-order chi connectivity index (χ0) is 4.50. The van der Waals surface area contributed by atoms with E-state index in [4.69, 9.17) is 17.5 Å². The van der Waals surface area contributed by atoms with Gasteiger partial charge in [0.05, 0.1) is 0 Å². The summed E-state index contributed by atoms with van der Waals surface area (Å²) >= 11 is 0. The molecule has 0 aromatic carbocycles. The molecule has 0 spiro atoms. The van der Waals surface area contributed by atoms with Gasteiger partial charge in [0, 0.05) is 10.4 Å². The maximum atomic E-state index is 8.52. The van der Waals surface area contributed by atoms with Gasteiger partial charge in [-0.25, -0.2) is 0 Å². The van der Waals surface area contributed by atoms with Crippen LogP contribution in [0.15, 0.2) is 0 Å². The molecule has 0 saturated carbocycles. The van der Waals surface area contributed by atoms with Crippen molar-refractivity contribution in [2.75, 3.05) is 0 Å². The quantitative estimate of drug-likeness (QED) is 0.337. The average molecular weight is 216 g/mol. The molecule has 0 aliphatic rings. The van der Waals surface area contributed by atoms with E-state index < -0.39 is 10.4 Å². The summed E-state index contributed by atoms with van der Waals surface area (Å²) in [7, 11) is -5.17. The summed E-state index contributed by atoms with van der Waals surface area (Å²) in [6, 6.07) is 0. The van der Waals surface area contributed by atoms with Gasteiger partial charge in [0.1, 0.15) is 0 Å². The molecule has 0 saturated heterocycles. The van der Waals surface area contributed by atoms with Crippen LogP contribution in [0, 0.1) is 0 Å². The van der Waals surface area contributed by atoms with Crippen LogP contribution < -0.4 is 0 Å². The third kappa shape index (κ3) is 121. The first-order valence-electron chi connectivity index (χ1n) is 0.667. The summed E-state index contributed by atoms with van der Waals surface area (Å²) in [5.74, 6) is 0. The molecule has 0 aliphatic carbocycles. The summed E-state index contributed by atoms with van der Waals surface area (Å²) in [4.78, 5) is 0. The van der Waals surface area contributed by atoms with E-state index in [-0.39, 0.29) is 28.7 Å². The van der Waals surface area contributed by atoms with Gasteiger partial charge in [-0.3, -0.25) is 8.42 Å². The van der Waals surface area contributed by atoms with Gasteiger partial charge >= 0.3 is 28.7 Å². The van der Waals surface area contributed by atoms with Crippen LogP contribution in [0.25, 0.3) is 0 Å². The molecule has 0 bridgehead atoms. The molecular formula is H5InO4S. The van der Waals surface area contributed by atoms with Crippen molar-refractivity contribution in [2.24, 2.45) is 0 Å². The molecule has 0 rings (SSSR count). The molecule has 0 aromatic heterocycles. The molecule has 0 unspecified atom stereocenters. The minimum absolute atomic E-state index is 0. The van der Waals surface area contributed by atoms with Crippen molar-refractivity contribution < 1.29 is 20.4 Å². The van der Waals surface area contributed by atoms with Crippen LogP contribution in [0.1, 0.15) is 2.85 Å². The van der Waals surface area contributed by atoms with Crippen LogP contribution in [0.4, 0.5) is 0 Å². The maximum absolute atomic E-state index is 8.52. The van der Waals surface area contributed by atoms with Gasteiger partial charge < -0.3 is 9.11 Å². The van der Waals surface area contributed by atoms with Gasteiger partial charge in [-0.1, -0.05) is 0 Å². The van der Waals surface area contributed by atoms with Gasteiger partial charge in [-0.05, 0) is 0 Å². The molecule has 6 heteroatoms. The van der Waals surface area contributed by atoms with E-state index in [1.807, 2.05) is 0 Å². The molecule has 4 nitrogen and oxygen atoms in total. The minimum atomic E-state index is -5.17. The van der Waals surface area contributed by atoms with E-state index in [9.17, 15) is 0 Å². The van der Waals surface area contributed by atoms with Crippen LogP contribution in [0.5, 0.6) is 0 Å². The summed E-state index contributed by atoms with van der Waals surface area (Å²) < 4.78 is 34.1. The van der Waals surface area contributed by atoms with E-state index in [1.54, 1.807) is 0 Å². The average Bonchev–Trinajstić information content (AvgIpc) is 0.722. The van der Waals surface area contributed by atoms with Gasteiger partial charge in [-0.2, -0.15) is 0 Å². The fourth-order valence-electron chi connectivity index (χ4n) is 0. The van der Waals surface area contributed by atoms with Gasteiger partial charge in [-0.15, -0.1) is 0 Å². The number of hydrogen-bond donors (Lipinski definition) is 0. The molecule has 0 fully saturated rings. The Hall–Kier alpha value is 0.740. The monoisotopic (exact) mass is 216 g/mol. The van der Waals surface area contributed by atoms with Gasteiger partial charge in [0.2, 0.25) is 0 Å². The van der Waals surface area contributed by atoms with E-state index in [0.29, 0.717) is 0 Å². The van der Waals surface area contributed by atoms with E-state index in [1.165, 1.54) is 0 Å². The topological polar surface area (TPSA) is 80.3 Å². The molecule has 6 heavy (non-hydrogen) atoms. The number of rotatable bonds is 0. The predicted molar refractivity (Wildman–Crippen MR) is 22.6 cm³/mol. The molecule has 0 heterocycles. The Kier molecular flexibility index (Phi) is 4.68. The molecule has 38 valence electrons. The first kappa shape index (κ1) is 9.88. The Morgan fingerprint density at radius 3 is 1.33 bits per heavy atom. The summed E-state index contributed by atoms with van der Waals surface area (Å²) in [6.45, 7) is 0. The predicted octanol–water partition coefficient (Wildman–Crippen LogP) is -2.30. The van der Waals surface area contributed by atoms with E-state index in [2.05, 4.69) is 0 Å². The Morgan fingerprint density at radius 2 is 1.33 bits per heavy atom. The fraction of sp³-hybridized carbons (Fsp3) is 0. The molecule has 0 aliphatic heterocycles. The second-order valence-corrected chi connectivity index (χ2v) is 1.22. The van der Waals surface area contributed by atoms with Crippen LogP contribution in [0.2, 0.25) is 0 Å². The van der Waals surface area contributed by atoms with Crippen LogP contribution >= 0.6 is 0 Å². The fourth-order valence-corrected chi connectivity index (χ4v) is 0. The second-order valence-electron chi connectivity index (χ2n) is 0.408. The standard InChI is InChI=1S/In.H2O4S.3H/c;1-5(2,3)4;;;/h;(H2,1,2,3,4);;;. The second kappa shape index (κ2) is 2.84. The van der Waals surface area contributed by atoms with Crippen LogP contribution in [0.3, 0.4) is 0 Å². The van der Waals surface area contributed by atoms with Crippen molar-refractivity contribution in [3.05, 3.63) is 0 Å². The van der Waals surface area contributed by atoms with Crippen molar-refractivity contribution in [3.63, 3.8) is 0 Å².